The molecule has 0 spiro atoms. The molecule has 3 heteroatoms. The number of aromatic nitrogens is 2. The number of hydrogen-bond acceptors (Lipinski definition) is 3. The number of nitrogens with zero attached hydrogens (tertiary/aromatic N) is 2. The van der Waals surface area contributed by atoms with Crippen LogP contribution in [0.15, 0.2) is 12.1 Å². The molecule has 92 valence electrons. The fourth-order valence-electron chi connectivity index (χ4n) is 1.89. The van der Waals surface area contributed by atoms with Crippen molar-refractivity contribution in [3.63, 3.8) is 0 Å². The van der Waals surface area contributed by atoms with Crippen LogP contribution in [-0.2, 0) is 10.8 Å². The third-order valence-corrected chi connectivity index (χ3v) is 3.58. The van der Waals surface area contributed by atoms with Crippen molar-refractivity contribution in [3.05, 3.63) is 23.3 Å². The maximum atomic E-state index is 4.44. The van der Waals surface area contributed by atoms with E-state index in [2.05, 4.69) is 62.4 Å². The molecular formula is C14H20N2S. The molecule has 0 atom stereocenters. The molecule has 1 aromatic carbocycles. The maximum Gasteiger partial charge on any atom is 0.108 e. The van der Waals surface area contributed by atoms with Gasteiger partial charge in [-0.1, -0.05) is 47.6 Å². The Kier molecular flexibility index (Phi) is 2.77. The van der Waals surface area contributed by atoms with E-state index in [9.17, 15) is 0 Å². The first kappa shape index (κ1) is 12.5. The monoisotopic (exact) mass is 248 g/mol. The molecule has 0 saturated heterocycles. The molecule has 1 aromatic heterocycles. The number of hydrogen-bond donors (Lipinski definition) is 0. The molecule has 17 heavy (non-hydrogen) atoms. The van der Waals surface area contributed by atoms with Gasteiger partial charge in [0.2, 0.25) is 0 Å². The van der Waals surface area contributed by atoms with E-state index in [1.807, 2.05) is 0 Å². The first-order chi connectivity index (χ1) is 7.69. The van der Waals surface area contributed by atoms with E-state index in [1.54, 1.807) is 0 Å². The summed E-state index contributed by atoms with van der Waals surface area (Å²) >= 11 is 1.30. The maximum absolute atomic E-state index is 4.44. The molecule has 2 rings (SSSR count). The van der Waals surface area contributed by atoms with Crippen molar-refractivity contribution < 1.29 is 0 Å². The normalized spacial score (nSPS) is 13.3. The second-order valence-electron chi connectivity index (χ2n) is 6.66. The molecular weight excluding hydrogens is 228 g/mol. The number of fused-ring (bicyclic) bond motifs is 1. The van der Waals surface area contributed by atoms with Gasteiger partial charge in [0.1, 0.15) is 11.0 Å². The molecule has 0 aliphatic carbocycles. The highest BCUT2D eigenvalue weighted by molar-refractivity contribution is 7.00. The Balaban J connectivity index is 2.76. The summed E-state index contributed by atoms with van der Waals surface area (Å²) in [6, 6.07) is 4.47. The van der Waals surface area contributed by atoms with Gasteiger partial charge in [-0.05, 0) is 28.0 Å². The molecule has 0 radical (unpaired) electrons. The first-order valence-electron chi connectivity index (χ1n) is 5.97. The second-order valence-corrected chi connectivity index (χ2v) is 7.18. The Labute approximate surface area is 107 Å². The molecule has 0 aliphatic rings. The summed E-state index contributed by atoms with van der Waals surface area (Å²) in [5.41, 5.74) is 4.99. The lowest BCUT2D eigenvalue weighted by Gasteiger charge is -2.24. The Morgan fingerprint density at radius 1 is 0.882 bits per heavy atom. The van der Waals surface area contributed by atoms with Gasteiger partial charge in [0, 0.05) is 0 Å². The number of benzene rings is 1. The van der Waals surface area contributed by atoms with E-state index in [4.69, 9.17) is 0 Å². The van der Waals surface area contributed by atoms with Crippen molar-refractivity contribution in [1.82, 2.24) is 8.75 Å². The van der Waals surface area contributed by atoms with Gasteiger partial charge in [-0.3, -0.25) is 0 Å². The minimum Gasteiger partial charge on any atom is -0.173 e. The molecule has 0 amide bonds. The van der Waals surface area contributed by atoms with E-state index < -0.39 is 0 Å². The second kappa shape index (κ2) is 3.77. The highest BCUT2D eigenvalue weighted by Gasteiger charge is 2.23. The predicted molar refractivity (Wildman–Crippen MR) is 74.8 cm³/mol. The summed E-state index contributed by atoms with van der Waals surface area (Å²) in [5, 5.41) is 0. The van der Waals surface area contributed by atoms with E-state index in [0.717, 1.165) is 11.0 Å². The van der Waals surface area contributed by atoms with Crippen LogP contribution < -0.4 is 0 Å². The van der Waals surface area contributed by atoms with Gasteiger partial charge in [-0.2, -0.15) is 8.75 Å². The summed E-state index contributed by atoms with van der Waals surface area (Å²) in [6.07, 6.45) is 0. The van der Waals surface area contributed by atoms with Crippen LogP contribution in [0, 0.1) is 0 Å². The lowest BCUT2D eigenvalue weighted by molar-refractivity contribution is 0.572. The zero-order valence-electron chi connectivity index (χ0n) is 11.5. The van der Waals surface area contributed by atoms with Gasteiger partial charge in [-0.15, -0.1) is 0 Å². The Hall–Kier alpha value is -0.960. The largest absolute Gasteiger partial charge is 0.173 e. The summed E-state index contributed by atoms with van der Waals surface area (Å²) in [6.45, 7) is 13.4. The fraction of sp³-hybridized carbons (Fsp3) is 0.571. The van der Waals surface area contributed by atoms with Gasteiger partial charge in [0.25, 0.3) is 0 Å². The number of rotatable bonds is 0. The molecule has 0 saturated carbocycles. The van der Waals surface area contributed by atoms with Crippen LogP contribution in [0.3, 0.4) is 0 Å². The molecule has 0 N–H and O–H groups in total. The van der Waals surface area contributed by atoms with Crippen molar-refractivity contribution in [2.75, 3.05) is 0 Å². The van der Waals surface area contributed by atoms with Crippen molar-refractivity contribution in [1.29, 1.82) is 0 Å². The summed E-state index contributed by atoms with van der Waals surface area (Å²) < 4.78 is 8.84. The van der Waals surface area contributed by atoms with Crippen molar-refractivity contribution in [2.45, 2.75) is 52.4 Å². The molecule has 0 fully saturated rings. The van der Waals surface area contributed by atoms with E-state index in [-0.39, 0.29) is 10.8 Å². The van der Waals surface area contributed by atoms with Crippen molar-refractivity contribution in [3.8, 4) is 0 Å². The van der Waals surface area contributed by atoms with Crippen molar-refractivity contribution >= 4 is 22.8 Å². The highest BCUT2D eigenvalue weighted by atomic mass is 32.1. The molecule has 0 bridgehead atoms. The van der Waals surface area contributed by atoms with Crippen LogP contribution in [0.2, 0.25) is 0 Å². The van der Waals surface area contributed by atoms with Gasteiger partial charge in [-0.25, -0.2) is 0 Å². The quantitative estimate of drug-likeness (QED) is 0.695. The van der Waals surface area contributed by atoms with Crippen LogP contribution in [-0.4, -0.2) is 8.75 Å². The molecule has 2 nitrogen and oxygen atoms in total. The molecule has 0 aliphatic heterocycles. The zero-order chi connectivity index (χ0) is 12.8. The average Bonchev–Trinajstić information content (AvgIpc) is 2.59. The standard InChI is InChI=1S/C14H20N2S/c1-13(2,3)9-7-10(14(4,5)6)12-11(8-9)15-17-16-12/h7-8H,1-6H3. The molecule has 0 unspecified atom stereocenters. The summed E-state index contributed by atoms with van der Waals surface area (Å²) in [5.74, 6) is 0. The SMILES string of the molecule is CC(C)(C)c1cc(C(C)(C)C)c2nsnc2c1. The summed E-state index contributed by atoms with van der Waals surface area (Å²) in [7, 11) is 0. The minimum atomic E-state index is 0.106. The predicted octanol–water partition coefficient (Wildman–Crippen LogP) is 4.29. The Morgan fingerprint density at radius 3 is 2.06 bits per heavy atom. The van der Waals surface area contributed by atoms with Crippen LogP contribution in [0.1, 0.15) is 52.7 Å². The first-order valence-corrected chi connectivity index (χ1v) is 6.70. The Morgan fingerprint density at radius 2 is 1.53 bits per heavy atom. The smallest absolute Gasteiger partial charge is 0.108 e. The third-order valence-electron chi connectivity index (χ3n) is 3.04. The third kappa shape index (κ3) is 2.34. The van der Waals surface area contributed by atoms with Gasteiger partial charge in [0.15, 0.2) is 0 Å². The lowest BCUT2D eigenvalue weighted by atomic mass is 9.80. The van der Waals surface area contributed by atoms with Crippen molar-refractivity contribution in [2.24, 2.45) is 0 Å². The van der Waals surface area contributed by atoms with Crippen LogP contribution in [0.25, 0.3) is 11.0 Å². The van der Waals surface area contributed by atoms with Crippen LogP contribution in [0.4, 0.5) is 0 Å². The average molecular weight is 248 g/mol. The lowest BCUT2D eigenvalue weighted by Crippen LogP contribution is -2.16. The minimum absolute atomic E-state index is 0.106. The highest BCUT2D eigenvalue weighted by Crippen LogP contribution is 2.34. The van der Waals surface area contributed by atoms with E-state index in [1.165, 1.54) is 22.9 Å². The van der Waals surface area contributed by atoms with E-state index >= 15 is 0 Å². The topological polar surface area (TPSA) is 25.8 Å². The van der Waals surface area contributed by atoms with Gasteiger partial charge < -0.3 is 0 Å². The van der Waals surface area contributed by atoms with Gasteiger partial charge in [0.05, 0.1) is 11.7 Å². The summed E-state index contributed by atoms with van der Waals surface area (Å²) in [4.78, 5) is 0. The van der Waals surface area contributed by atoms with Gasteiger partial charge >= 0.3 is 0 Å². The zero-order valence-corrected chi connectivity index (χ0v) is 12.3. The van der Waals surface area contributed by atoms with E-state index in [0.29, 0.717) is 0 Å². The molecule has 1 heterocycles. The fourth-order valence-corrected chi connectivity index (χ4v) is 2.44. The van der Waals surface area contributed by atoms with Crippen LogP contribution >= 0.6 is 11.7 Å². The Bertz CT molecular complexity index is 541. The molecule has 2 aromatic rings. The van der Waals surface area contributed by atoms with Crippen LogP contribution in [0.5, 0.6) is 0 Å².